The van der Waals surface area contributed by atoms with Gasteiger partial charge in [0.15, 0.2) is 12.6 Å². The van der Waals surface area contributed by atoms with E-state index < -0.39 is 73.8 Å². The molecule has 12 nitrogen and oxygen atoms in total. The fourth-order valence-corrected chi connectivity index (χ4v) is 9.42. The molecule has 2 aliphatic heterocycles. The minimum atomic E-state index is -1.60. The Morgan fingerprint density at radius 2 is 1.31 bits per heavy atom. The van der Waals surface area contributed by atoms with Crippen LogP contribution in [0.3, 0.4) is 0 Å². The van der Waals surface area contributed by atoms with E-state index in [4.69, 9.17) is 18.9 Å². The SMILES string of the molecule is CCCCC1(CC(=O)CC(CO[C@H]2OC(CO)[C@H](C)C(O)[C@H]2O)CO[C@H]2OC(CO)[C@H](O)C(O)[C@H]2O)C2CC3CC(C2)CC1C3. The molecular formula is C33H56O12. The van der Waals surface area contributed by atoms with Crippen LogP contribution in [0.2, 0.25) is 0 Å². The highest BCUT2D eigenvalue weighted by atomic mass is 16.7. The first-order valence-corrected chi connectivity index (χ1v) is 17.2. The predicted molar refractivity (Wildman–Crippen MR) is 159 cm³/mol. The first-order valence-electron chi connectivity index (χ1n) is 17.2. The molecule has 0 aromatic rings. The second kappa shape index (κ2) is 15.2. The first kappa shape index (κ1) is 35.5. The van der Waals surface area contributed by atoms with Gasteiger partial charge in [0, 0.05) is 24.7 Å². The number of unbranched alkanes of at least 4 members (excludes halogenated alkanes) is 1. The normalized spacial score (nSPS) is 46.8. The van der Waals surface area contributed by atoms with Gasteiger partial charge in [-0.25, -0.2) is 0 Å². The Bertz CT molecular complexity index is 892. The number of ether oxygens (including phenoxy) is 4. The summed E-state index contributed by atoms with van der Waals surface area (Å²) in [6.07, 6.45) is -1.76. The molecule has 0 amide bonds. The van der Waals surface area contributed by atoms with Crippen LogP contribution in [0.4, 0.5) is 0 Å². The number of hydrogen-bond donors (Lipinski definition) is 7. The molecule has 0 radical (unpaired) electrons. The summed E-state index contributed by atoms with van der Waals surface area (Å²) in [5.41, 5.74) is 0.00131. The number of carbonyl (C=O) groups is 1. The molecule has 2 saturated heterocycles. The van der Waals surface area contributed by atoms with Gasteiger partial charge in [-0.05, 0) is 67.6 Å². The zero-order valence-electron chi connectivity index (χ0n) is 26.7. The molecule has 0 spiro atoms. The molecule has 0 aromatic carbocycles. The van der Waals surface area contributed by atoms with Crippen LogP contribution in [0.1, 0.15) is 78.1 Å². The minimum Gasteiger partial charge on any atom is -0.394 e. The lowest BCUT2D eigenvalue weighted by Gasteiger charge is -2.61. The monoisotopic (exact) mass is 644 g/mol. The molecular weight excluding hydrogens is 588 g/mol. The van der Waals surface area contributed by atoms with Gasteiger partial charge in [-0.3, -0.25) is 4.79 Å². The predicted octanol–water partition coefficient (Wildman–Crippen LogP) is 0.493. The van der Waals surface area contributed by atoms with Gasteiger partial charge in [0.25, 0.3) is 0 Å². The highest BCUT2D eigenvalue weighted by Crippen LogP contribution is 2.65. The molecule has 6 rings (SSSR count). The summed E-state index contributed by atoms with van der Waals surface area (Å²) in [5, 5.41) is 71.3. The van der Waals surface area contributed by atoms with Gasteiger partial charge >= 0.3 is 0 Å². The summed E-state index contributed by atoms with van der Waals surface area (Å²) < 4.78 is 23.0. The van der Waals surface area contributed by atoms with Crippen LogP contribution in [0, 0.1) is 40.9 Å². The van der Waals surface area contributed by atoms with Gasteiger partial charge in [0.1, 0.15) is 36.3 Å². The fourth-order valence-electron chi connectivity index (χ4n) is 9.42. The highest BCUT2D eigenvalue weighted by molar-refractivity contribution is 5.79. The third kappa shape index (κ3) is 7.46. The molecule has 4 saturated carbocycles. The van der Waals surface area contributed by atoms with E-state index in [0.717, 1.165) is 31.1 Å². The summed E-state index contributed by atoms with van der Waals surface area (Å²) in [6.45, 7) is 2.68. The van der Waals surface area contributed by atoms with Crippen molar-refractivity contribution >= 4 is 5.78 Å². The standard InChI is InChI=1S/C33H56O12/c1-3-4-5-33(21-7-18-6-19(9-21)10-22(33)8-18)12-23(36)11-20(15-42-31-29(40)26(37)17(2)24(13-34)44-31)16-43-32-30(41)28(39)27(38)25(14-35)45-32/h17-22,24-32,34-35,37-41H,3-16H2,1-2H3/t17-,18?,19?,20?,21?,22?,24?,25?,26?,27-,28?,29+,30+,31-,32-,33?/m0/s1. The van der Waals surface area contributed by atoms with E-state index in [0.29, 0.717) is 18.3 Å². The Hall–Kier alpha value is -0.770. The van der Waals surface area contributed by atoms with E-state index >= 15 is 0 Å². The van der Waals surface area contributed by atoms with Crippen molar-refractivity contribution in [1.82, 2.24) is 0 Å². The van der Waals surface area contributed by atoms with Crippen LogP contribution in [0.15, 0.2) is 0 Å². The lowest BCUT2D eigenvalue weighted by molar-refractivity contribution is -0.308. The number of ketones is 1. The van der Waals surface area contributed by atoms with E-state index in [2.05, 4.69) is 6.92 Å². The smallest absolute Gasteiger partial charge is 0.186 e. The second-order valence-electron chi connectivity index (χ2n) is 14.9. The maximum atomic E-state index is 14.0. The Balaban J connectivity index is 1.28. The zero-order chi connectivity index (χ0) is 32.5. The number of carbonyl (C=O) groups excluding carboxylic acids is 1. The number of Topliss-reactive ketones (excluding diaryl/α,β-unsaturated/α-hetero) is 1. The summed E-state index contributed by atoms with van der Waals surface area (Å²) in [4.78, 5) is 14.0. The number of rotatable bonds is 15. The van der Waals surface area contributed by atoms with Crippen LogP contribution < -0.4 is 0 Å². The van der Waals surface area contributed by atoms with Crippen LogP contribution in [-0.2, 0) is 23.7 Å². The summed E-state index contributed by atoms with van der Waals surface area (Å²) in [7, 11) is 0. The fraction of sp³-hybridized carbons (Fsp3) is 0.970. The molecule has 4 bridgehead atoms. The average molecular weight is 645 g/mol. The van der Waals surface area contributed by atoms with Gasteiger partial charge in [-0.15, -0.1) is 0 Å². The van der Waals surface area contributed by atoms with Crippen molar-refractivity contribution in [2.24, 2.45) is 40.9 Å². The Kier molecular flexibility index (Phi) is 12.0. The van der Waals surface area contributed by atoms with Crippen molar-refractivity contribution in [2.45, 2.75) is 133 Å². The summed E-state index contributed by atoms with van der Waals surface area (Å²) >= 11 is 0. The third-order valence-corrected chi connectivity index (χ3v) is 11.9. The van der Waals surface area contributed by atoms with Crippen molar-refractivity contribution in [2.75, 3.05) is 26.4 Å². The van der Waals surface area contributed by atoms with Crippen LogP contribution in [0.5, 0.6) is 0 Å². The van der Waals surface area contributed by atoms with Gasteiger partial charge < -0.3 is 54.7 Å². The Labute approximate surface area is 266 Å². The molecule has 7 N–H and O–H groups in total. The zero-order valence-corrected chi connectivity index (χ0v) is 26.7. The number of aliphatic hydroxyl groups is 7. The maximum absolute atomic E-state index is 14.0. The number of hydrogen-bond acceptors (Lipinski definition) is 12. The molecule has 6 aliphatic rings. The maximum Gasteiger partial charge on any atom is 0.186 e. The summed E-state index contributed by atoms with van der Waals surface area (Å²) in [5.74, 6) is 1.71. The van der Waals surface area contributed by atoms with Crippen molar-refractivity contribution in [3.63, 3.8) is 0 Å². The summed E-state index contributed by atoms with van der Waals surface area (Å²) in [6, 6.07) is 0. The van der Waals surface area contributed by atoms with Gasteiger partial charge in [0.05, 0.1) is 38.6 Å². The van der Waals surface area contributed by atoms with Crippen molar-refractivity contribution < 1.29 is 59.5 Å². The number of aliphatic hydroxyl groups excluding tert-OH is 7. The molecule has 45 heavy (non-hydrogen) atoms. The van der Waals surface area contributed by atoms with E-state index in [9.17, 15) is 40.5 Å². The lowest BCUT2D eigenvalue weighted by atomic mass is 9.43. The van der Waals surface area contributed by atoms with E-state index in [1.54, 1.807) is 6.92 Å². The molecule has 4 aliphatic carbocycles. The molecule has 2 heterocycles. The molecule has 5 unspecified atom stereocenters. The van der Waals surface area contributed by atoms with Crippen molar-refractivity contribution in [3.8, 4) is 0 Å². The molecule has 260 valence electrons. The van der Waals surface area contributed by atoms with Crippen molar-refractivity contribution in [1.29, 1.82) is 0 Å². The second-order valence-corrected chi connectivity index (χ2v) is 14.9. The van der Waals surface area contributed by atoms with E-state index in [-0.39, 0.29) is 37.4 Å². The van der Waals surface area contributed by atoms with E-state index in [1.807, 2.05) is 0 Å². The Morgan fingerprint density at radius 1 is 0.778 bits per heavy atom. The first-order chi connectivity index (χ1) is 21.5. The quantitative estimate of drug-likeness (QED) is 0.131. The third-order valence-electron chi connectivity index (χ3n) is 11.9. The van der Waals surface area contributed by atoms with Crippen LogP contribution >= 0.6 is 0 Å². The van der Waals surface area contributed by atoms with Gasteiger partial charge in [-0.2, -0.15) is 0 Å². The van der Waals surface area contributed by atoms with Crippen molar-refractivity contribution in [3.05, 3.63) is 0 Å². The largest absolute Gasteiger partial charge is 0.394 e. The van der Waals surface area contributed by atoms with Crippen LogP contribution in [-0.4, -0.2) is 123 Å². The molecule has 6 fully saturated rings. The van der Waals surface area contributed by atoms with Gasteiger partial charge in [0.2, 0.25) is 0 Å². The van der Waals surface area contributed by atoms with E-state index in [1.165, 1.54) is 32.1 Å². The highest BCUT2D eigenvalue weighted by Gasteiger charge is 2.57. The molecule has 11 atom stereocenters. The average Bonchev–Trinajstić information content (AvgIpc) is 3.02. The topological polar surface area (TPSA) is 196 Å². The Morgan fingerprint density at radius 3 is 1.84 bits per heavy atom. The molecule has 12 heteroatoms. The van der Waals surface area contributed by atoms with Gasteiger partial charge in [-0.1, -0.05) is 26.7 Å². The van der Waals surface area contributed by atoms with Crippen LogP contribution in [0.25, 0.3) is 0 Å². The molecule has 0 aromatic heterocycles. The lowest BCUT2D eigenvalue weighted by Crippen LogP contribution is -2.59. The minimum absolute atomic E-state index is 0.00131.